The number of rotatable bonds is 9. The number of aromatic amines is 1. The number of nitrogens with zero attached hydrogens (tertiary/aromatic N) is 2. The molecular weight excluding hydrogens is 492 g/mol. The average molecular weight is 519 g/mol. The Bertz CT molecular complexity index is 1480. The van der Waals surface area contributed by atoms with E-state index in [1.54, 1.807) is 53.4 Å². The van der Waals surface area contributed by atoms with Gasteiger partial charge in [0.1, 0.15) is 0 Å². The molecule has 4 rings (SSSR count). The highest BCUT2D eigenvalue weighted by atomic mass is 35.5. The number of amides is 1. The van der Waals surface area contributed by atoms with E-state index in [9.17, 15) is 19.8 Å². The minimum atomic E-state index is -0.941. The van der Waals surface area contributed by atoms with Crippen molar-refractivity contribution in [3.05, 3.63) is 88.4 Å². The quantitative estimate of drug-likeness (QED) is 0.235. The number of H-pyrrole nitrogens is 1. The molecule has 4 aromatic rings. The van der Waals surface area contributed by atoms with Crippen LogP contribution in [0.25, 0.3) is 10.9 Å². The fourth-order valence-corrected chi connectivity index (χ4v) is 4.36. The molecule has 0 radical (unpaired) electrons. The SMILES string of the molecule is CNCCN(C(C)=O)c1ccc(N=C(c2cccc(CC(=O)O)c2)c2c(O)[nH]c3cc(Cl)ccc23)cc1. The maximum atomic E-state index is 12.1. The van der Waals surface area contributed by atoms with Crippen molar-refractivity contribution in [1.82, 2.24) is 10.3 Å². The number of nitrogens with one attached hydrogen (secondary N) is 2. The van der Waals surface area contributed by atoms with Gasteiger partial charge in [-0.3, -0.25) is 9.59 Å². The molecule has 0 bridgehead atoms. The van der Waals surface area contributed by atoms with Crippen LogP contribution in [0.3, 0.4) is 0 Å². The zero-order valence-electron chi connectivity index (χ0n) is 20.5. The topological polar surface area (TPSA) is 118 Å². The summed E-state index contributed by atoms with van der Waals surface area (Å²) < 4.78 is 0. The lowest BCUT2D eigenvalue weighted by Crippen LogP contribution is -2.34. The van der Waals surface area contributed by atoms with Gasteiger partial charge in [-0.25, -0.2) is 4.99 Å². The van der Waals surface area contributed by atoms with E-state index in [-0.39, 0.29) is 18.2 Å². The van der Waals surface area contributed by atoms with Crippen molar-refractivity contribution >= 4 is 51.5 Å². The first-order chi connectivity index (χ1) is 17.8. The number of aromatic hydroxyl groups is 1. The fourth-order valence-electron chi connectivity index (χ4n) is 4.19. The monoisotopic (exact) mass is 518 g/mol. The van der Waals surface area contributed by atoms with Crippen molar-refractivity contribution in [1.29, 1.82) is 0 Å². The number of carbonyl (C=O) groups excluding carboxylic acids is 1. The van der Waals surface area contributed by atoms with Crippen molar-refractivity contribution < 1.29 is 19.8 Å². The molecule has 0 aliphatic rings. The van der Waals surface area contributed by atoms with E-state index in [0.29, 0.717) is 51.7 Å². The molecule has 1 amide bonds. The maximum Gasteiger partial charge on any atom is 0.307 e. The number of fused-ring (bicyclic) bond motifs is 1. The van der Waals surface area contributed by atoms with E-state index < -0.39 is 5.97 Å². The lowest BCUT2D eigenvalue weighted by Gasteiger charge is -2.21. The van der Waals surface area contributed by atoms with Crippen LogP contribution in [0.15, 0.2) is 71.7 Å². The van der Waals surface area contributed by atoms with Crippen molar-refractivity contribution in [2.24, 2.45) is 4.99 Å². The van der Waals surface area contributed by atoms with E-state index >= 15 is 0 Å². The molecular formula is C28H27ClN4O4. The van der Waals surface area contributed by atoms with Gasteiger partial charge in [-0.1, -0.05) is 35.9 Å². The van der Waals surface area contributed by atoms with Gasteiger partial charge in [0, 0.05) is 41.7 Å². The Morgan fingerprint density at radius 2 is 1.84 bits per heavy atom. The zero-order chi connectivity index (χ0) is 26.5. The summed E-state index contributed by atoms with van der Waals surface area (Å²) in [7, 11) is 1.83. The first kappa shape index (κ1) is 25.9. The van der Waals surface area contributed by atoms with E-state index in [0.717, 1.165) is 11.1 Å². The third kappa shape index (κ3) is 5.99. The number of aliphatic carboxylic acids is 1. The van der Waals surface area contributed by atoms with Gasteiger partial charge in [-0.05, 0) is 55.1 Å². The van der Waals surface area contributed by atoms with E-state index in [4.69, 9.17) is 16.6 Å². The third-order valence-electron chi connectivity index (χ3n) is 5.90. The largest absolute Gasteiger partial charge is 0.494 e. The van der Waals surface area contributed by atoms with E-state index in [1.807, 2.05) is 25.2 Å². The summed E-state index contributed by atoms with van der Waals surface area (Å²) in [5, 5.41) is 24.4. The lowest BCUT2D eigenvalue weighted by molar-refractivity contribution is -0.136. The molecule has 190 valence electrons. The van der Waals surface area contributed by atoms with E-state index in [2.05, 4.69) is 10.3 Å². The number of aliphatic imine (C=N–C) groups is 1. The van der Waals surface area contributed by atoms with Crippen LogP contribution in [0.1, 0.15) is 23.6 Å². The Labute approximate surface area is 219 Å². The molecule has 0 aliphatic carbocycles. The molecule has 0 unspecified atom stereocenters. The number of carbonyl (C=O) groups is 2. The second-order valence-corrected chi connectivity index (χ2v) is 9.00. The highest BCUT2D eigenvalue weighted by Crippen LogP contribution is 2.33. The van der Waals surface area contributed by atoms with Crippen LogP contribution in [0.5, 0.6) is 5.88 Å². The summed E-state index contributed by atoms with van der Waals surface area (Å²) >= 11 is 6.15. The van der Waals surface area contributed by atoms with Crippen LogP contribution in [0.2, 0.25) is 5.02 Å². The normalized spacial score (nSPS) is 11.6. The number of carboxylic acid groups (broad SMARTS) is 1. The molecule has 0 spiro atoms. The second-order valence-electron chi connectivity index (χ2n) is 8.56. The number of benzene rings is 3. The Hall–Kier alpha value is -4.14. The van der Waals surface area contributed by atoms with Gasteiger partial charge >= 0.3 is 5.97 Å². The summed E-state index contributed by atoms with van der Waals surface area (Å²) in [6.07, 6.45) is -0.140. The third-order valence-corrected chi connectivity index (χ3v) is 6.14. The van der Waals surface area contributed by atoms with Crippen LogP contribution in [0.4, 0.5) is 11.4 Å². The number of anilines is 1. The van der Waals surface area contributed by atoms with Crippen LogP contribution in [-0.4, -0.2) is 52.9 Å². The van der Waals surface area contributed by atoms with Crippen LogP contribution in [-0.2, 0) is 16.0 Å². The second kappa shape index (κ2) is 11.3. The molecule has 3 aromatic carbocycles. The first-order valence-corrected chi connectivity index (χ1v) is 12.1. The molecule has 1 aromatic heterocycles. The number of likely N-dealkylation sites (N-methyl/N-ethyl adjacent to an activating group) is 1. The Kier molecular flexibility index (Phi) is 7.91. The lowest BCUT2D eigenvalue weighted by atomic mass is 9.98. The van der Waals surface area contributed by atoms with Crippen molar-refractivity contribution in [2.75, 3.05) is 25.0 Å². The molecule has 0 aliphatic heterocycles. The van der Waals surface area contributed by atoms with Gasteiger partial charge in [0.2, 0.25) is 5.91 Å². The van der Waals surface area contributed by atoms with Gasteiger partial charge in [0.25, 0.3) is 0 Å². The van der Waals surface area contributed by atoms with Gasteiger partial charge in [0.15, 0.2) is 5.88 Å². The van der Waals surface area contributed by atoms with Gasteiger partial charge in [-0.2, -0.15) is 0 Å². The molecule has 1 heterocycles. The fraction of sp³-hybridized carbons (Fsp3) is 0.179. The van der Waals surface area contributed by atoms with Gasteiger partial charge in [0.05, 0.1) is 28.9 Å². The minimum absolute atomic E-state index is 0.0650. The molecule has 0 fully saturated rings. The maximum absolute atomic E-state index is 12.1. The molecule has 4 N–H and O–H groups in total. The van der Waals surface area contributed by atoms with Gasteiger partial charge < -0.3 is 25.4 Å². The number of hydrogen-bond donors (Lipinski definition) is 4. The summed E-state index contributed by atoms with van der Waals surface area (Å²) in [5.74, 6) is -1.08. The van der Waals surface area contributed by atoms with Crippen molar-refractivity contribution in [2.45, 2.75) is 13.3 Å². The Balaban J connectivity index is 1.84. The first-order valence-electron chi connectivity index (χ1n) is 11.7. The summed E-state index contributed by atoms with van der Waals surface area (Å²) in [5.41, 5.74) is 4.18. The highest BCUT2D eigenvalue weighted by Gasteiger charge is 2.20. The number of hydrogen-bond acceptors (Lipinski definition) is 5. The standard InChI is InChI=1S/C28H27ClN4O4/c1-17(34)33(13-12-30-2)22-9-7-21(8-10-22)31-27(19-5-3-4-18(14-19)15-25(35)36)26-23-11-6-20(29)16-24(23)32-28(26)37/h3-11,14,16,30,32,37H,12-13,15H2,1-2H3,(H,35,36). The number of aromatic nitrogens is 1. The molecule has 9 heteroatoms. The zero-order valence-corrected chi connectivity index (χ0v) is 21.2. The predicted molar refractivity (Wildman–Crippen MR) is 146 cm³/mol. The van der Waals surface area contributed by atoms with E-state index in [1.165, 1.54) is 6.92 Å². The highest BCUT2D eigenvalue weighted by molar-refractivity contribution is 6.31. The minimum Gasteiger partial charge on any atom is -0.494 e. The summed E-state index contributed by atoms with van der Waals surface area (Å²) in [6.45, 7) is 2.71. The summed E-state index contributed by atoms with van der Waals surface area (Å²) in [6, 6.07) is 19.6. The van der Waals surface area contributed by atoms with Crippen LogP contribution < -0.4 is 10.2 Å². The number of halogens is 1. The van der Waals surface area contributed by atoms with Crippen LogP contribution in [0, 0.1) is 0 Å². The molecule has 0 saturated heterocycles. The van der Waals surface area contributed by atoms with Crippen molar-refractivity contribution in [3.63, 3.8) is 0 Å². The molecule has 37 heavy (non-hydrogen) atoms. The predicted octanol–water partition coefficient (Wildman–Crippen LogP) is 4.90. The molecule has 0 atom stereocenters. The Morgan fingerprint density at radius 3 is 2.51 bits per heavy atom. The van der Waals surface area contributed by atoms with Gasteiger partial charge in [-0.15, -0.1) is 0 Å². The van der Waals surface area contributed by atoms with Crippen LogP contribution >= 0.6 is 11.6 Å². The van der Waals surface area contributed by atoms with Crippen molar-refractivity contribution in [3.8, 4) is 5.88 Å². The summed E-state index contributed by atoms with van der Waals surface area (Å²) in [4.78, 5) is 32.9. The molecule has 8 nitrogen and oxygen atoms in total. The number of carboxylic acids is 1. The Morgan fingerprint density at radius 1 is 1.08 bits per heavy atom. The smallest absolute Gasteiger partial charge is 0.307 e. The average Bonchev–Trinajstić information content (AvgIpc) is 3.17. The molecule has 0 saturated carbocycles.